The number of hydrogen-bond donors (Lipinski definition) is 1. The molecule has 0 unspecified atom stereocenters. The molecule has 3 aromatic rings. The summed E-state index contributed by atoms with van der Waals surface area (Å²) in [6.45, 7) is 5.34. The molecule has 3 aromatic carbocycles. The number of halogens is 1. The second kappa shape index (κ2) is 9.54. The van der Waals surface area contributed by atoms with Crippen molar-refractivity contribution in [2.24, 2.45) is 0 Å². The van der Waals surface area contributed by atoms with E-state index < -0.39 is 15.9 Å². The maximum absolute atomic E-state index is 13.5. The van der Waals surface area contributed by atoms with E-state index in [1.54, 1.807) is 54.6 Å². The van der Waals surface area contributed by atoms with Crippen molar-refractivity contribution in [3.8, 4) is 0 Å². The Bertz CT molecular complexity index is 1190. The summed E-state index contributed by atoms with van der Waals surface area (Å²) in [5, 5.41) is 3.28. The quantitative estimate of drug-likeness (QED) is 0.520. The Morgan fingerprint density at radius 2 is 1.68 bits per heavy atom. The van der Waals surface area contributed by atoms with Crippen LogP contribution >= 0.6 is 11.6 Å². The summed E-state index contributed by atoms with van der Waals surface area (Å²) in [6.07, 6.45) is 0.630. The van der Waals surface area contributed by atoms with Crippen molar-refractivity contribution in [2.45, 2.75) is 32.1 Å². The van der Waals surface area contributed by atoms with Gasteiger partial charge < -0.3 is 5.32 Å². The zero-order chi connectivity index (χ0) is 22.6. The number of rotatable bonds is 7. The molecule has 0 aromatic heterocycles. The highest BCUT2D eigenvalue weighted by Crippen LogP contribution is 2.28. The average molecular weight is 457 g/mol. The molecule has 0 aliphatic rings. The predicted octanol–water partition coefficient (Wildman–Crippen LogP) is 5.35. The molecule has 1 N–H and O–H groups in total. The zero-order valence-electron chi connectivity index (χ0n) is 17.7. The normalized spacial score (nSPS) is 11.2. The molecule has 31 heavy (non-hydrogen) atoms. The summed E-state index contributed by atoms with van der Waals surface area (Å²) >= 11 is 6.15. The van der Waals surface area contributed by atoms with Crippen molar-refractivity contribution < 1.29 is 13.2 Å². The van der Waals surface area contributed by atoms with Crippen LogP contribution < -0.4 is 9.62 Å². The predicted molar refractivity (Wildman–Crippen MR) is 126 cm³/mol. The van der Waals surface area contributed by atoms with E-state index in [2.05, 4.69) is 5.32 Å². The fourth-order valence-corrected chi connectivity index (χ4v) is 4.83. The summed E-state index contributed by atoms with van der Waals surface area (Å²) in [5.74, 6) is -0.457. The summed E-state index contributed by atoms with van der Waals surface area (Å²) in [7, 11) is -3.96. The largest absolute Gasteiger partial charge is 0.324 e. The van der Waals surface area contributed by atoms with Crippen LogP contribution in [0.15, 0.2) is 71.6 Å². The topological polar surface area (TPSA) is 66.5 Å². The average Bonchev–Trinajstić information content (AvgIpc) is 2.75. The Balaban J connectivity index is 1.98. The van der Waals surface area contributed by atoms with Gasteiger partial charge in [-0.1, -0.05) is 60.5 Å². The van der Waals surface area contributed by atoms with Crippen molar-refractivity contribution >= 4 is 38.9 Å². The maximum atomic E-state index is 13.5. The molecule has 0 fully saturated rings. The smallest absolute Gasteiger partial charge is 0.264 e. The Morgan fingerprint density at radius 3 is 2.32 bits per heavy atom. The molecule has 0 saturated carbocycles. The van der Waals surface area contributed by atoms with Gasteiger partial charge in [-0.25, -0.2) is 8.42 Å². The molecule has 0 atom stereocenters. The van der Waals surface area contributed by atoms with Gasteiger partial charge in [0.2, 0.25) is 5.91 Å². The second-order valence-electron chi connectivity index (χ2n) is 7.32. The van der Waals surface area contributed by atoms with Crippen LogP contribution in [-0.4, -0.2) is 20.9 Å². The van der Waals surface area contributed by atoms with Gasteiger partial charge >= 0.3 is 0 Å². The monoisotopic (exact) mass is 456 g/mol. The third-order valence-corrected chi connectivity index (χ3v) is 7.17. The van der Waals surface area contributed by atoms with Gasteiger partial charge in [0, 0.05) is 10.7 Å². The van der Waals surface area contributed by atoms with E-state index in [0.29, 0.717) is 22.8 Å². The van der Waals surface area contributed by atoms with Crippen LogP contribution in [0.5, 0.6) is 0 Å². The highest BCUT2D eigenvalue weighted by atomic mass is 35.5. The molecule has 5 nitrogen and oxygen atoms in total. The molecule has 162 valence electrons. The lowest BCUT2D eigenvalue weighted by Gasteiger charge is -2.26. The molecule has 0 aliphatic carbocycles. The SMILES string of the molecule is CCc1ccccc1N(CC(=O)Nc1ccc(C)c(Cl)c1)S(=O)(=O)c1ccc(C)cc1. The first-order chi connectivity index (χ1) is 14.7. The summed E-state index contributed by atoms with van der Waals surface area (Å²) in [4.78, 5) is 13.0. The molecule has 0 radical (unpaired) electrons. The van der Waals surface area contributed by atoms with Crippen LogP contribution in [0.1, 0.15) is 23.6 Å². The Hall–Kier alpha value is -2.83. The van der Waals surface area contributed by atoms with Gasteiger partial charge in [0.1, 0.15) is 6.54 Å². The van der Waals surface area contributed by atoms with E-state index in [9.17, 15) is 13.2 Å². The summed E-state index contributed by atoms with van der Waals surface area (Å²) < 4.78 is 28.2. The Kier molecular flexibility index (Phi) is 7.03. The van der Waals surface area contributed by atoms with E-state index in [-0.39, 0.29) is 11.4 Å². The molecule has 7 heteroatoms. The number of nitrogens with zero attached hydrogens (tertiary/aromatic N) is 1. The minimum absolute atomic E-state index is 0.134. The van der Waals surface area contributed by atoms with Gasteiger partial charge in [0.05, 0.1) is 10.6 Å². The van der Waals surface area contributed by atoms with E-state index in [0.717, 1.165) is 16.7 Å². The van der Waals surface area contributed by atoms with Gasteiger partial charge in [-0.05, 0) is 61.7 Å². The van der Waals surface area contributed by atoms with E-state index >= 15 is 0 Å². The maximum Gasteiger partial charge on any atom is 0.264 e. The van der Waals surface area contributed by atoms with E-state index in [1.807, 2.05) is 32.9 Å². The standard InChI is InChI=1S/C24H25ClN2O3S/c1-4-19-7-5-6-8-23(19)27(31(29,30)21-13-9-17(2)10-14-21)16-24(28)26-20-12-11-18(3)22(25)15-20/h5-15H,4,16H2,1-3H3,(H,26,28). The lowest BCUT2D eigenvalue weighted by molar-refractivity contribution is -0.114. The number of amides is 1. The lowest BCUT2D eigenvalue weighted by atomic mass is 10.1. The molecular formula is C24H25ClN2O3S. The number of nitrogens with one attached hydrogen (secondary N) is 1. The van der Waals surface area contributed by atoms with E-state index in [4.69, 9.17) is 11.6 Å². The summed E-state index contributed by atoms with van der Waals surface area (Å²) in [6, 6.07) is 19.0. The van der Waals surface area contributed by atoms with Crippen LogP contribution in [0.2, 0.25) is 5.02 Å². The molecular weight excluding hydrogens is 432 g/mol. The molecule has 1 amide bonds. The van der Waals surface area contributed by atoms with Crippen molar-refractivity contribution in [1.82, 2.24) is 0 Å². The van der Waals surface area contributed by atoms with Gasteiger partial charge in [-0.2, -0.15) is 0 Å². The lowest BCUT2D eigenvalue weighted by Crippen LogP contribution is -2.38. The molecule has 3 rings (SSSR count). The first kappa shape index (κ1) is 22.8. The van der Waals surface area contributed by atoms with Crippen molar-refractivity contribution in [3.05, 3.63) is 88.4 Å². The third-order valence-electron chi connectivity index (χ3n) is 4.99. The first-order valence-electron chi connectivity index (χ1n) is 9.95. The van der Waals surface area contributed by atoms with Crippen LogP contribution in [0.25, 0.3) is 0 Å². The van der Waals surface area contributed by atoms with Gasteiger partial charge in [0.25, 0.3) is 10.0 Å². The highest BCUT2D eigenvalue weighted by Gasteiger charge is 2.28. The van der Waals surface area contributed by atoms with Crippen LogP contribution in [-0.2, 0) is 21.2 Å². The van der Waals surface area contributed by atoms with Crippen molar-refractivity contribution in [2.75, 3.05) is 16.2 Å². The summed E-state index contributed by atoms with van der Waals surface area (Å²) in [5.41, 5.74) is 3.68. The molecule has 0 spiro atoms. The fourth-order valence-electron chi connectivity index (χ4n) is 3.19. The minimum Gasteiger partial charge on any atom is -0.324 e. The number of anilines is 2. The fraction of sp³-hybridized carbons (Fsp3) is 0.208. The van der Waals surface area contributed by atoms with Crippen molar-refractivity contribution in [3.63, 3.8) is 0 Å². The Morgan fingerprint density at radius 1 is 1.00 bits per heavy atom. The third kappa shape index (κ3) is 5.27. The molecule has 0 saturated heterocycles. The second-order valence-corrected chi connectivity index (χ2v) is 9.59. The number of hydrogen-bond acceptors (Lipinski definition) is 3. The number of benzene rings is 3. The van der Waals surface area contributed by atoms with Crippen LogP contribution in [0.4, 0.5) is 11.4 Å². The number of sulfonamides is 1. The van der Waals surface area contributed by atoms with Crippen LogP contribution in [0, 0.1) is 13.8 Å². The Labute approximate surface area is 188 Å². The minimum atomic E-state index is -3.96. The number of carbonyl (C=O) groups is 1. The first-order valence-corrected chi connectivity index (χ1v) is 11.8. The van der Waals surface area contributed by atoms with Crippen LogP contribution in [0.3, 0.4) is 0 Å². The number of aryl methyl sites for hydroxylation is 3. The van der Waals surface area contributed by atoms with E-state index in [1.165, 1.54) is 4.31 Å². The van der Waals surface area contributed by atoms with Gasteiger partial charge in [0.15, 0.2) is 0 Å². The van der Waals surface area contributed by atoms with Gasteiger partial charge in [-0.3, -0.25) is 9.10 Å². The molecule has 0 heterocycles. The van der Waals surface area contributed by atoms with Gasteiger partial charge in [-0.15, -0.1) is 0 Å². The number of carbonyl (C=O) groups excluding carboxylic acids is 1. The molecule has 0 aliphatic heterocycles. The van der Waals surface area contributed by atoms with Crippen molar-refractivity contribution in [1.29, 1.82) is 0 Å². The zero-order valence-corrected chi connectivity index (χ0v) is 19.3. The highest BCUT2D eigenvalue weighted by molar-refractivity contribution is 7.92. The number of para-hydroxylation sites is 1. The molecule has 0 bridgehead atoms.